The van der Waals surface area contributed by atoms with Gasteiger partial charge in [0.1, 0.15) is 23.0 Å². The van der Waals surface area contributed by atoms with Crippen molar-refractivity contribution in [3.8, 4) is 23.0 Å². The molecule has 0 amide bonds. The Bertz CT molecular complexity index is 926. The highest BCUT2D eigenvalue weighted by Crippen LogP contribution is 2.27. The third-order valence-electron chi connectivity index (χ3n) is 4.50. The lowest BCUT2D eigenvalue weighted by molar-refractivity contribution is 0.190. The number of hydrogen-bond acceptors (Lipinski definition) is 7. The van der Waals surface area contributed by atoms with E-state index in [2.05, 4.69) is 20.3 Å². The Labute approximate surface area is 164 Å². The maximum Gasteiger partial charge on any atom is 0.180 e. The number of benzene rings is 1. The molecule has 7 heteroatoms. The molecule has 0 fully saturated rings. The Morgan fingerprint density at radius 2 is 1.75 bits per heavy atom. The van der Waals surface area contributed by atoms with Gasteiger partial charge in [-0.2, -0.15) is 0 Å². The molecule has 0 aliphatic rings. The summed E-state index contributed by atoms with van der Waals surface area (Å²) < 4.78 is 10.5. The SMILES string of the molecule is COc1cc(OC)cc(C(O)CNc2nc(-c3ccccn3)nc(C)c2C)c1. The van der Waals surface area contributed by atoms with Gasteiger partial charge in [0.05, 0.1) is 20.3 Å². The molecule has 0 aliphatic heterocycles. The molecule has 3 aromatic rings. The average Bonchev–Trinajstić information content (AvgIpc) is 2.74. The molecule has 1 atom stereocenters. The largest absolute Gasteiger partial charge is 0.497 e. The number of aryl methyl sites for hydroxylation is 1. The molecule has 2 aromatic heterocycles. The highest BCUT2D eigenvalue weighted by molar-refractivity contribution is 5.56. The van der Waals surface area contributed by atoms with Gasteiger partial charge in [-0.15, -0.1) is 0 Å². The first kappa shape index (κ1) is 19.6. The smallest absolute Gasteiger partial charge is 0.180 e. The fraction of sp³-hybridized carbons (Fsp3) is 0.286. The zero-order chi connectivity index (χ0) is 20.1. The average molecular weight is 380 g/mol. The molecule has 0 bridgehead atoms. The molecule has 2 heterocycles. The Balaban J connectivity index is 1.81. The van der Waals surface area contributed by atoms with Gasteiger partial charge in [-0.25, -0.2) is 9.97 Å². The number of rotatable bonds is 7. The molecule has 3 rings (SSSR count). The highest BCUT2D eigenvalue weighted by Gasteiger charge is 2.14. The Kier molecular flexibility index (Phi) is 6.06. The van der Waals surface area contributed by atoms with Crippen LogP contribution in [0.3, 0.4) is 0 Å². The summed E-state index contributed by atoms with van der Waals surface area (Å²) in [6.45, 7) is 4.15. The molecule has 0 spiro atoms. The van der Waals surface area contributed by atoms with E-state index in [0.29, 0.717) is 34.4 Å². The molecule has 1 unspecified atom stereocenters. The number of hydrogen-bond donors (Lipinski definition) is 2. The van der Waals surface area contributed by atoms with Crippen molar-refractivity contribution in [1.82, 2.24) is 15.0 Å². The van der Waals surface area contributed by atoms with E-state index in [4.69, 9.17) is 9.47 Å². The second kappa shape index (κ2) is 8.67. The van der Waals surface area contributed by atoms with E-state index in [1.54, 1.807) is 38.6 Å². The third kappa shape index (κ3) is 4.37. The van der Waals surface area contributed by atoms with Crippen LogP contribution in [0.25, 0.3) is 11.5 Å². The molecule has 146 valence electrons. The molecular formula is C21H24N4O3. The Hall–Kier alpha value is -3.19. The number of anilines is 1. The minimum atomic E-state index is -0.767. The lowest BCUT2D eigenvalue weighted by atomic mass is 10.1. The zero-order valence-electron chi connectivity index (χ0n) is 16.4. The number of ether oxygens (including phenoxy) is 2. The summed E-state index contributed by atoms with van der Waals surface area (Å²) in [5.41, 5.74) is 3.18. The van der Waals surface area contributed by atoms with E-state index in [1.165, 1.54) is 0 Å². The van der Waals surface area contributed by atoms with Crippen molar-refractivity contribution < 1.29 is 14.6 Å². The van der Waals surface area contributed by atoms with Gasteiger partial charge < -0.3 is 19.9 Å². The van der Waals surface area contributed by atoms with Crippen molar-refractivity contribution in [1.29, 1.82) is 0 Å². The number of nitrogens with one attached hydrogen (secondary N) is 1. The van der Waals surface area contributed by atoms with Gasteiger partial charge in [0.25, 0.3) is 0 Å². The predicted octanol–water partition coefficient (Wildman–Crippen LogP) is 3.32. The number of nitrogens with zero attached hydrogens (tertiary/aromatic N) is 3. The van der Waals surface area contributed by atoms with Crippen molar-refractivity contribution in [3.05, 3.63) is 59.4 Å². The van der Waals surface area contributed by atoms with Crippen LogP contribution in [-0.4, -0.2) is 40.8 Å². The second-order valence-electron chi connectivity index (χ2n) is 6.36. The first-order valence-corrected chi connectivity index (χ1v) is 8.93. The topological polar surface area (TPSA) is 89.4 Å². The predicted molar refractivity (Wildman–Crippen MR) is 108 cm³/mol. The van der Waals surface area contributed by atoms with Crippen LogP contribution >= 0.6 is 0 Å². The van der Waals surface area contributed by atoms with E-state index in [-0.39, 0.29) is 6.54 Å². The maximum atomic E-state index is 10.6. The summed E-state index contributed by atoms with van der Waals surface area (Å²) in [5, 5.41) is 13.9. The number of methoxy groups -OCH3 is 2. The molecule has 7 nitrogen and oxygen atoms in total. The van der Waals surface area contributed by atoms with E-state index in [0.717, 1.165) is 11.3 Å². The van der Waals surface area contributed by atoms with E-state index >= 15 is 0 Å². The van der Waals surface area contributed by atoms with Crippen LogP contribution in [0.2, 0.25) is 0 Å². The summed E-state index contributed by atoms with van der Waals surface area (Å²) in [4.78, 5) is 13.4. The lowest BCUT2D eigenvalue weighted by Crippen LogP contribution is -2.15. The monoisotopic (exact) mass is 380 g/mol. The highest BCUT2D eigenvalue weighted by atomic mass is 16.5. The minimum Gasteiger partial charge on any atom is -0.497 e. The van der Waals surface area contributed by atoms with Crippen molar-refractivity contribution in [2.45, 2.75) is 20.0 Å². The van der Waals surface area contributed by atoms with Crippen LogP contribution in [0.15, 0.2) is 42.6 Å². The van der Waals surface area contributed by atoms with Crippen LogP contribution in [-0.2, 0) is 0 Å². The molecule has 0 aliphatic carbocycles. The first-order chi connectivity index (χ1) is 13.5. The van der Waals surface area contributed by atoms with Gasteiger partial charge in [-0.1, -0.05) is 6.07 Å². The first-order valence-electron chi connectivity index (χ1n) is 8.93. The zero-order valence-corrected chi connectivity index (χ0v) is 16.4. The van der Waals surface area contributed by atoms with Crippen LogP contribution in [0.5, 0.6) is 11.5 Å². The summed E-state index contributed by atoms with van der Waals surface area (Å²) in [6.07, 6.45) is 0.943. The number of pyridine rings is 1. The van der Waals surface area contributed by atoms with Gasteiger partial charge in [-0.05, 0) is 43.7 Å². The number of aromatic nitrogens is 3. The second-order valence-corrected chi connectivity index (χ2v) is 6.36. The van der Waals surface area contributed by atoms with Gasteiger partial charge in [0.15, 0.2) is 5.82 Å². The standard InChI is InChI=1S/C21H24N4O3/c1-13-14(2)24-21(18-7-5-6-8-22-18)25-20(13)23-12-19(26)15-9-16(27-3)11-17(10-15)28-4/h5-11,19,26H,12H2,1-4H3,(H,23,24,25). The number of aliphatic hydroxyl groups is 1. The maximum absolute atomic E-state index is 10.6. The van der Waals surface area contributed by atoms with Crippen LogP contribution in [0.1, 0.15) is 22.9 Å². The van der Waals surface area contributed by atoms with Crippen molar-refractivity contribution >= 4 is 5.82 Å². The van der Waals surface area contributed by atoms with Gasteiger partial charge in [-0.3, -0.25) is 4.98 Å². The Morgan fingerprint density at radius 3 is 2.36 bits per heavy atom. The fourth-order valence-electron chi connectivity index (χ4n) is 2.74. The molecule has 0 radical (unpaired) electrons. The summed E-state index contributed by atoms with van der Waals surface area (Å²) >= 11 is 0. The van der Waals surface area contributed by atoms with Gasteiger partial charge in [0, 0.05) is 30.1 Å². The van der Waals surface area contributed by atoms with E-state index in [9.17, 15) is 5.11 Å². The van der Waals surface area contributed by atoms with Crippen LogP contribution in [0, 0.1) is 13.8 Å². The number of aliphatic hydroxyl groups excluding tert-OH is 1. The minimum absolute atomic E-state index is 0.273. The van der Waals surface area contributed by atoms with Crippen LogP contribution < -0.4 is 14.8 Å². The Morgan fingerprint density at radius 1 is 1.04 bits per heavy atom. The summed E-state index contributed by atoms with van der Waals surface area (Å²) in [5.74, 6) is 2.46. The van der Waals surface area contributed by atoms with Crippen molar-refractivity contribution in [3.63, 3.8) is 0 Å². The summed E-state index contributed by atoms with van der Waals surface area (Å²) in [7, 11) is 3.16. The van der Waals surface area contributed by atoms with Crippen molar-refractivity contribution in [2.24, 2.45) is 0 Å². The molecule has 28 heavy (non-hydrogen) atoms. The molecule has 0 saturated carbocycles. The van der Waals surface area contributed by atoms with Gasteiger partial charge in [0.2, 0.25) is 0 Å². The van der Waals surface area contributed by atoms with Gasteiger partial charge >= 0.3 is 0 Å². The quantitative estimate of drug-likeness (QED) is 0.650. The summed E-state index contributed by atoms with van der Waals surface area (Å²) in [6, 6.07) is 10.9. The molecular weight excluding hydrogens is 356 g/mol. The normalized spacial score (nSPS) is 11.8. The molecule has 1 aromatic carbocycles. The molecule has 2 N–H and O–H groups in total. The lowest BCUT2D eigenvalue weighted by Gasteiger charge is -2.17. The molecule has 0 saturated heterocycles. The fourth-order valence-corrected chi connectivity index (χ4v) is 2.74. The van der Waals surface area contributed by atoms with Crippen LogP contribution in [0.4, 0.5) is 5.82 Å². The van der Waals surface area contributed by atoms with E-state index in [1.807, 2.05) is 32.0 Å². The third-order valence-corrected chi connectivity index (χ3v) is 4.50. The van der Waals surface area contributed by atoms with E-state index < -0.39 is 6.10 Å². The van der Waals surface area contributed by atoms with Crippen molar-refractivity contribution in [2.75, 3.05) is 26.1 Å².